The monoisotopic (exact) mass is 383 g/mol. The minimum Gasteiger partial charge on any atom is -0.305 e. The predicted molar refractivity (Wildman–Crippen MR) is 106 cm³/mol. The van der Waals surface area contributed by atoms with Crippen molar-refractivity contribution in [2.45, 2.75) is 31.3 Å². The van der Waals surface area contributed by atoms with E-state index in [1.54, 1.807) is 11.8 Å². The van der Waals surface area contributed by atoms with Crippen LogP contribution in [0.25, 0.3) is 17.0 Å². The second-order valence-electron chi connectivity index (χ2n) is 6.00. The van der Waals surface area contributed by atoms with Gasteiger partial charge in [0.15, 0.2) is 11.0 Å². The van der Waals surface area contributed by atoms with Gasteiger partial charge in [-0.05, 0) is 31.5 Å². The van der Waals surface area contributed by atoms with Gasteiger partial charge in [-0.3, -0.25) is 0 Å². The van der Waals surface area contributed by atoms with Gasteiger partial charge >= 0.3 is 0 Å². The van der Waals surface area contributed by atoms with Crippen molar-refractivity contribution in [3.05, 3.63) is 65.1 Å². The Bertz CT molecular complexity index is 1070. The maximum absolute atomic E-state index is 6.04. The first kappa shape index (κ1) is 17.1. The Hall–Kier alpha value is -2.31. The fourth-order valence-electron chi connectivity index (χ4n) is 2.93. The zero-order valence-corrected chi connectivity index (χ0v) is 16.1. The van der Waals surface area contributed by atoms with Crippen LogP contribution in [0.2, 0.25) is 5.02 Å². The summed E-state index contributed by atoms with van der Waals surface area (Å²) in [6.45, 7) is 5.03. The molecule has 0 radical (unpaired) electrons. The number of hydrogen-bond acceptors (Lipinski definition) is 4. The Balaban J connectivity index is 1.59. The molecule has 7 heteroatoms. The van der Waals surface area contributed by atoms with Crippen molar-refractivity contribution in [1.82, 2.24) is 24.1 Å². The van der Waals surface area contributed by atoms with Crippen LogP contribution >= 0.6 is 23.4 Å². The molecule has 0 aliphatic rings. The number of fused-ring (bicyclic) bond motifs is 1. The van der Waals surface area contributed by atoms with Gasteiger partial charge in [0, 0.05) is 30.3 Å². The smallest absolute Gasteiger partial charge is 0.191 e. The van der Waals surface area contributed by atoms with Crippen molar-refractivity contribution in [3.63, 3.8) is 0 Å². The molecular formula is C19H18ClN5S. The summed E-state index contributed by atoms with van der Waals surface area (Å²) >= 11 is 7.68. The van der Waals surface area contributed by atoms with Crippen molar-refractivity contribution in [1.29, 1.82) is 0 Å². The van der Waals surface area contributed by atoms with E-state index in [-0.39, 0.29) is 0 Å². The third-order valence-electron chi connectivity index (χ3n) is 4.23. The van der Waals surface area contributed by atoms with Crippen LogP contribution in [0.15, 0.2) is 53.9 Å². The van der Waals surface area contributed by atoms with Crippen molar-refractivity contribution in [2.24, 2.45) is 0 Å². The summed E-state index contributed by atoms with van der Waals surface area (Å²) in [6, 6.07) is 12.0. The number of pyridine rings is 1. The highest BCUT2D eigenvalue weighted by molar-refractivity contribution is 7.98. The average molecular weight is 384 g/mol. The quantitative estimate of drug-likeness (QED) is 0.461. The van der Waals surface area contributed by atoms with Gasteiger partial charge in [-0.25, -0.2) is 4.98 Å². The summed E-state index contributed by atoms with van der Waals surface area (Å²) in [6.07, 6.45) is 3.87. The third kappa shape index (κ3) is 3.22. The lowest BCUT2D eigenvalue weighted by atomic mass is 10.1. The lowest BCUT2D eigenvalue weighted by Crippen LogP contribution is -2.00. The first-order valence-corrected chi connectivity index (χ1v) is 9.77. The highest BCUT2D eigenvalue weighted by Crippen LogP contribution is 2.28. The van der Waals surface area contributed by atoms with Gasteiger partial charge in [0.05, 0.1) is 10.7 Å². The number of hydrogen-bond donors (Lipinski definition) is 0. The standard InChI is InChI=1S/C19H18ClN5S/c1-3-25-18(16-7-5-4-6-13(16)2)22-23-19(25)26-12-15-11-24-10-14(20)8-9-17(24)21-15/h4-11H,3,12H2,1-2H3. The molecule has 0 aliphatic heterocycles. The van der Waals surface area contributed by atoms with Gasteiger partial charge in [0.25, 0.3) is 0 Å². The number of halogens is 1. The van der Waals surface area contributed by atoms with Crippen LogP contribution in [0.4, 0.5) is 0 Å². The van der Waals surface area contributed by atoms with Gasteiger partial charge in [0.1, 0.15) is 5.65 Å². The molecule has 4 rings (SSSR count). The molecule has 0 fully saturated rings. The van der Waals surface area contributed by atoms with E-state index in [0.29, 0.717) is 5.02 Å². The van der Waals surface area contributed by atoms with Crippen LogP contribution in [-0.4, -0.2) is 24.1 Å². The Labute approximate surface area is 161 Å². The van der Waals surface area contributed by atoms with Crippen molar-refractivity contribution >= 4 is 29.0 Å². The van der Waals surface area contributed by atoms with E-state index in [4.69, 9.17) is 11.6 Å². The number of aryl methyl sites for hydroxylation is 1. The number of nitrogens with zero attached hydrogens (tertiary/aromatic N) is 5. The van der Waals surface area contributed by atoms with Crippen LogP contribution in [-0.2, 0) is 12.3 Å². The topological polar surface area (TPSA) is 48.0 Å². The summed E-state index contributed by atoms with van der Waals surface area (Å²) in [5.41, 5.74) is 4.20. The van der Waals surface area contributed by atoms with Crippen molar-refractivity contribution in [3.8, 4) is 11.4 Å². The Morgan fingerprint density at radius 1 is 1.08 bits per heavy atom. The molecule has 0 spiro atoms. The SMILES string of the molecule is CCn1c(SCc2cn3cc(Cl)ccc3n2)nnc1-c1ccccc1C. The molecule has 4 aromatic rings. The largest absolute Gasteiger partial charge is 0.305 e. The van der Waals surface area contributed by atoms with E-state index in [2.05, 4.69) is 45.7 Å². The third-order valence-corrected chi connectivity index (χ3v) is 5.46. The fourth-order valence-corrected chi connectivity index (χ4v) is 3.98. The molecule has 3 heterocycles. The second kappa shape index (κ2) is 7.13. The maximum atomic E-state index is 6.04. The number of aromatic nitrogens is 5. The zero-order valence-electron chi connectivity index (χ0n) is 14.6. The molecule has 0 atom stereocenters. The molecule has 0 N–H and O–H groups in total. The first-order valence-electron chi connectivity index (χ1n) is 8.41. The summed E-state index contributed by atoms with van der Waals surface area (Å²) in [5, 5.41) is 10.4. The molecule has 0 unspecified atom stereocenters. The number of rotatable bonds is 5. The Kier molecular flexibility index (Phi) is 4.70. The molecule has 0 amide bonds. The van der Waals surface area contributed by atoms with E-state index in [1.807, 2.05) is 41.1 Å². The average Bonchev–Trinajstić information content (AvgIpc) is 3.23. The van der Waals surface area contributed by atoms with Crippen molar-refractivity contribution in [2.75, 3.05) is 0 Å². The van der Waals surface area contributed by atoms with Gasteiger partial charge < -0.3 is 8.97 Å². The van der Waals surface area contributed by atoms with E-state index in [9.17, 15) is 0 Å². The zero-order chi connectivity index (χ0) is 18.1. The lowest BCUT2D eigenvalue weighted by molar-refractivity contribution is 0.687. The summed E-state index contributed by atoms with van der Waals surface area (Å²) < 4.78 is 4.10. The molecule has 0 bridgehead atoms. The molecule has 0 aliphatic carbocycles. The molecule has 0 saturated carbocycles. The number of imidazole rings is 1. The predicted octanol–water partition coefficient (Wildman–Crippen LogP) is 4.87. The number of benzene rings is 1. The van der Waals surface area contributed by atoms with E-state index < -0.39 is 0 Å². The van der Waals surface area contributed by atoms with Crippen LogP contribution in [0.1, 0.15) is 18.2 Å². The van der Waals surface area contributed by atoms with Crippen LogP contribution in [0.5, 0.6) is 0 Å². The van der Waals surface area contributed by atoms with Gasteiger partial charge in [0.2, 0.25) is 0 Å². The van der Waals surface area contributed by atoms with Crippen LogP contribution < -0.4 is 0 Å². The van der Waals surface area contributed by atoms with E-state index in [0.717, 1.165) is 40.2 Å². The first-order chi connectivity index (χ1) is 12.7. The molecular weight excluding hydrogens is 366 g/mol. The van der Waals surface area contributed by atoms with Crippen LogP contribution in [0, 0.1) is 6.92 Å². The summed E-state index contributed by atoms with van der Waals surface area (Å²) in [4.78, 5) is 4.63. The molecule has 5 nitrogen and oxygen atoms in total. The van der Waals surface area contributed by atoms with Gasteiger partial charge in [-0.15, -0.1) is 10.2 Å². The van der Waals surface area contributed by atoms with Gasteiger partial charge in [-0.1, -0.05) is 47.6 Å². The molecule has 1 aromatic carbocycles. The molecule has 0 saturated heterocycles. The normalized spacial score (nSPS) is 11.3. The molecule has 3 aromatic heterocycles. The lowest BCUT2D eigenvalue weighted by Gasteiger charge is -2.08. The molecule has 132 valence electrons. The minimum atomic E-state index is 0.697. The van der Waals surface area contributed by atoms with Crippen LogP contribution in [0.3, 0.4) is 0 Å². The fraction of sp³-hybridized carbons (Fsp3) is 0.211. The molecule has 26 heavy (non-hydrogen) atoms. The summed E-state index contributed by atoms with van der Waals surface area (Å²) in [7, 11) is 0. The number of thioether (sulfide) groups is 1. The van der Waals surface area contributed by atoms with E-state index in [1.165, 1.54) is 5.56 Å². The highest BCUT2D eigenvalue weighted by atomic mass is 35.5. The van der Waals surface area contributed by atoms with E-state index >= 15 is 0 Å². The van der Waals surface area contributed by atoms with Gasteiger partial charge in [-0.2, -0.15) is 0 Å². The Morgan fingerprint density at radius 2 is 1.92 bits per heavy atom. The Morgan fingerprint density at radius 3 is 2.73 bits per heavy atom. The highest BCUT2D eigenvalue weighted by Gasteiger charge is 2.15. The summed E-state index contributed by atoms with van der Waals surface area (Å²) in [5.74, 6) is 1.64. The van der Waals surface area contributed by atoms with Crippen molar-refractivity contribution < 1.29 is 0 Å². The minimum absolute atomic E-state index is 0.697. The second-order valence-corrected chi connectivity index (χ2v) is 7.38. The maximum Gasteiger partial charge on any atom is 0.191 e.